The molecule has 2 aliphatic rings. The molecule has 2 atom stereocenters. The van der Waals surface area contributed by atoms with E-state index in [4.69, 9.17) is 23.5 Å². The van der Waals surface area contributed by atoms with Crippen LogP contribution in [0.25, 0.3) is 0 Å². The van der Waals surface area contributed by atoms with Crippen LogP contribution in [0.3, 0.4) is 0 Å². The van der Waals surface area contributed by atoms with Crippen LogP contribution < -0.4 is 14.2 Å². The zero-order valence-corrected chi connectivity index (χ0v) is 18.4. The van der Waals surface area contributed by atoms with E-state index in [1.165, 1.54) is 25.1 Å². The molecule has 3 aromatic carbocycles. The Morgan fingerprint density at radius 2 is 1.56 bits per heavy atom. The molecule has 2 aliphatic heterocycles. The molecule has 2 heterocycles. The van der Waals surface area contributed by atoms with Gasteiger partial charge >= 0.3 is 17.9 Å². The topological polar surface area (TPSA) is 125 Å². The number of benzene rings is 3. The monoisotopic (exact) mass is 480 g/mol. The number of fused-ring (bicyclic) bond motifs is 6. The quantitative estimate of drug-likeness (QED) is 0.340. The minimum Gasteiger partial charge on any atom is -0.456 e. The van der Waals surface area contributed by atoms with Crippen LogP contribution >= 0.6 is 0 Å². The second kappa shape index (κ2) is 8.08. The Kier molecular flexibility index (Phi) is 5.18. The summed E-state index contributed by atoms with van der Waals surface area (Å²) < 4.78 is 42.2. The van der Waals surface area contributed by atoms with Gasteiger partial charge in [-0.05, 0) is 30.3 Å². The first-order valence-electron chi connectivity index (χ1n) is 10.0. The van der Waals surface area contributed by atoms with Crippen LogP contribution in [-0.4, -0.2) is 32.4 Å². The van der Waals surface area contributed by atoms with Gasteiger partial charge < -0.3 is 23.5 Å². The summed E-state index contributed by atoms with van der Waals surface area (Å²) in [6.45, 7) is 1.27. The highest BCUT2D eigenvalue weighted by molar-refractivity contribution is 7.80. The molecule has 1 N–H and O–H groups in total. The lowest BCUT2D eigenvalue weighted by Crippen LogP contribution is -2.33. The Morgan fingerprint density at radius 3 is 2.18 bits per heavy atom. The van der Waals surface area contributed by atoms with E-state index < -0.39 is 40.3 Å². The average molecular weight is 480 g/mol. The summed E-state index contributed by atoms with van der Waals surface area (Å²) in [6, 6.07) is 16.2. The van der Waals surface area contributed by atoms with Gasteiger partial charge in [0, 0.05) is 35.7 Å². The van der Waals surface area contributed by atoms with E-state index in [2.05, 4.69) is 0 Å². The molecule has 0 fully saturated rings. The third kappa shape index (κ3) is 3.53. The molecule has 34 heavy (non-hydrogen) atoms. The Bertz CT molecular complexity index is 1400. The SMILES string of the molecule is CC(=O)Oc1ccc2c(c1)Oc1cc(OC(=O)CS(=O)O)ccc1C21OC(=O)c2ccccc21. The summed E-state index contributed by atoms with van der Waals surface area (Å²) in [5.41, 5.74) is 0.664. The molecule has 9 nitrogen and oxygen atoms in total. The predicted molar refractivity (Wildman–Crippen MR) is 117 cm³/mol. The Balaban J connectivity index is 1.67. The van der Waals surface area contributed by atoms with E-state index >= 15 is 0 Å². The van der Waals surface area contributed by atoms with Crippen LogP contribution in [0.1, 0.15) is 34.0 Å². The Hall–Kier alpha value is -4.02. The van der Waals surface area contributed by atoms with E-state index in [-0.39, 0.29) is 23.0 Å². The van der Waals surface area contributed by atoms with E-state index in [9.17, 15) is 18.6 Å². The summed E-state index contributed by atoms with van der Waals surface area (Å²) in [5, 5.41) is 0. The molecule has 172 valence electrons. The number of rotatable bonds is 4. The minimum absolute atomic E-state index is 0.0709. The van der Waals surface area contributed by atoms with E-state index in [1.54, 1.807) is 42.5 Å². The van der Waals surface area contributed by atoms with Crippen molar-refractivity contribution in [2.24, 2.45) is 0 Å². The predicted octanol–water partition coefficient (Wildman–Crippen LogP) is 3.31. The van der Waals surface area contributed by atoms with Gasteiger partial charge in [-0.3, -0.25) is 9.59 Å². The summed E-state index contributed by atoms with van der Waals surface area (Å²) in [4.78, 5) is 36.1. The molecule has 0 amide bonds. The molecule has 0 bridgehead atoms. The highest BCUT2D eigenvalue weighted by atomic mass is 32.2. The maximum Gasteiger partial charge on any atom is 0.340 e. The van der Waals surface area contributed by atoms with Gasteiger partial charge in [0.1, 0.15) is 28.8 Å². The molecule has 1 spiro atoms. The number of hydrogen-bond donors (Lipinski definition) is 1. The summed E-state index contributed by atoms with van der Waals surface area (Å²) in [7, 11) is 0. The molecule has 10 heteroatoms. The minimum atomic E-state index is -2.35. The lowest BCUT2D eigenvalue weighted by atomic mass is 9.77. The van der Waals surface area contributed by atoms with Gasteiger partial charge in [-0.25, -0.2) is 9.00 Å². The molecule has 0 radical (unpaired) electrons. The fourth-order valence-corrected chi connectivity index (χ4v) is 4.45. The van der Waals surface area contributed by atoms with Crippen molar-refractivity contribution in [1.29, 1.82) is 0 Å². The molecule has 2 unspecified atom stereocenters. The lowest BCUT2D eigenvalue weighted by molar-refractivity contribution is -0.132. The van der Waals surface area contributed by atoms with Gasteiger partial charge in [-0.2, -0.15) is 0 Å². The average Bonchev–Trinajstić information content (AvgIpc) is 3.06. The fourth-order valence-electron chi connectivity index (χ4n) is 4.19. The highest BCUT2D eigenvalue weighted by Crippen LogP contribution is 2.57. The van der Waals surface area contributed by atoms with Crippen molar-refractivity contribution < 1.29 is 42.1 Å². The molecular formula is C24H16O9S. The van der Waals surface area contributed by atoms with Gasteiger partial charge in [0.05, 0.1) is 5.56 Å². The van der Waals surface area contributed by atoms with Crippen LogP contribution in [0.4, 0.5) is 0 Å². The number of hydrogen-bond acceptors (Lipinski definition) is 8. The van der Waals surface area contributed by atoms with Crippen LogP contribution in [0.2, 0.25) is 0 Å². The van der Waals surface area contributed by atoms with Crippen molar-refractivity contribution in [3.63, 3.8) is 0 Å². The van der Waals surface area contributed by atoms with E-state index in [0.29, 0.717) is 22.3 Å². The first-order chi connectivity index (χ1) is 16.3. The highest BCUT2D eigenvalue weighted by Gasteiger charge is 2.53. The van der Waals surface area contributed by atoms with Crippen molar-refractivity contribution in [2.45, 2.75) is 12.5 Å². The summed E-state index contributed by atoms with van der Waals surface area (Å²) in [6.07, 6.45) is 0. The normalized spacial score (nSPS) is 18.1. The van der Waals surface area contributed by atoms with Crippen molar-refractivity contribution in [3.05, 3.63) is 82.9 Å². The standard InChI is InChI=1S/C24H16O9S/c1-13(25)30-14-6-8-18-20(10-14)32-21-11-15(31-22(26)12-34(28)29)7-9-19(21)24(18)17-5-3-2-4-16(17)23(27)33-24/h2-11H,12H2,1H3,(H,28,29). The zero-order valence-electron chi connectivity index (χ0n) is 17.6. The number of carbonyl (C=O) groups excluding carboxylic acids is 3. The summed E-state index contributed by atoms with van der Waals surface area (Å²) >= 11 is -2.35. The molecule has 0 aromatic heterocycles. The maximum absolute atomic E-state index is 12.8. The lowest BCUT2D eigenvalue weighted by Gasteiger charge is -2.36. The first-order valence-corrected chi connectivity index (χ1v) is 11.3. The summed E-state index contributed by atoms with van der Waals surface area (Å²) in [5.74, 6) is -1.82. The van der Waals surface area contributed by atoms with Gasteiger partial charge in [-0.15, -0.1) is 0 Å². The third-order valence-corrected chi connectivity index (χ3v) is 5.87. The maximum atomic E-state index is 12.8. The van der Waals surface area contributed by atoms with Gasteiger partial charge in [0.2, 0.25) is 0 Å². The third-order valence-electron chi connectivity index (χ3n) is 5.39. The van der Waals surface area contributed by atoms with Gasteiger partial charge in [-0.1, -0.05) is 18.2 Å². The fraction of sp³-hybridized carbons (Fsp3) is 0.125. The van der Waals surface area contributed by atoms with Crippen LogP contribution in [-0.2, 0) is 31.0 Å². The van der Waals surface area contributed by atoms with E-state index in [1.807, 2.05) is 0 Å². The number of carbonyl (C=O) groups is 3. The van der Waals surface area contributed by atoms with Gasteiger partial charge in [0.25, 0.3) is 0 Å². The molecule has 0 aliphatic carbocycles. The number of ether oxygens (including phenoxy) is 4. The van der Waals surface area contributed by atoms with E-state index in [0.717, 1.165) is 0 Å². The van der Waals surface area contributed by atoms with Gasteiger partial charge in [0.15, 0.2) is 16.7 Å². The van der Waals surface area contributed by atoms with Crippen molar-refractivity contribution >= 4 is 29.0 Å². The van der Waals surface area contributed by atoms with Crippen LogP contribution in [0.5, 0.6) is 23.0 Å². The molecule has 0 saturated heterocycles. The van der Waals surface area contributed by atoms with Crippen LogP contribution in [0, 0.1) is 0 Å². The molecular weight excluding hydrogens is 464 g/mol. The first kappa shape index (κ1) is 21.8. The smallest absolute Gasteiger partial charge is 0.340 e. The second-order valence-electron chi connectivity index (χ2n) is 7.57. The Labute approximate surface area is 195 Å². The largest absolute Gasteiger partial charge is 0.456 e. The Morgan fingerprint density at radius 1 is 0.941 bits per heavy atom. The van der Waals surface area contributed by atoms with Crippen LogP contribution in [0.15, 0.2) is 60.7 Å². The molecule has 5 rings (SSSR count). The molecule has 3 aromatic rings. The van der Waals surface area contributed by atoms with Crippen molar-refractivity contribution in [2.75, 3.05) is 5.75 Å². The zero-order chi connectivity index (χ0) is 24.0. The van der Waals surface area contributed by atoms with Crippen molar-refractivity contribution in [3.8, 4) is 23.0 Å². The number of esters is 3. The van der Waals surface area contributed by atoms with Crippen molar-refractivity contribution in [1.82, 2.24) is 0 Å². The molecule has 0 saturated carbocycles. The second-order valence-corrected chi connectivity index (χ2v) is 8.50.